The third-order valence-corrected chi connectivity index (χ3v) is 4.68. The Morgan fingerprint density at radius 2 is 2.16 bits per heavy atom. The van der Waals surface area contributed by atoms with E-state index in [1.54, 1.807) is 19.1 Å². The first-order valence-electron chi connectivity index (χ1n) is 6.75. The van der Waals surface area contributed by atoms with E-state index in [1.807, 2.05) is 0 Å². The van der Waals surface area contributed by atoms with E-state index in [9.17, 15) is 9.18 Å². The largest absolute Gasteiger partial charge is 0.349 e. The monoisotopic (exact) mass is 327 g/mol. The zero-order valence-corrected chi connectivity index (χ0v) is 12.7. The zero-order valence-electron chi connectivity index (χ0n) is 11.1. The molecule has 104 valence electrons. The van der Waals surface area contributed by atoms with E-state index < -0.39 is 0 Å². The van der Waals surface area contributed by atoms with Crippen LogP contribution in [0.1, 0.15) is 41.6 Å². The van der Waals surface area contributed by atoms with Gasteiger partial charge in [0.1, 0.15) is 5.82 Å². The van der Waals surface area contributed by atoms with E-state index >= 15 is 0 Å². The molecule has 0 aromatic heterocycles. The van der Waals surface area contributed by atoms with Crippen LogP contribution < -0.4 is 5.32 Å². The fourth-order valence-electron chi connectivity index (χ4n) is 2.62. The first-order valence-corrected chi connectivity index (χ1v) is 7.87. The number of alkyl halides is 1. The molecule has 2 unspecified atom stereocenters. The van der Waals surface area contributed by atoms with Crippen LogP contribution in [0.4, 0.5) is 4.39 Å². The van der Waals surface area contributed by atoms with Crippen molar-refractivity contribution in [2.75, 3.05) is 5.33 Å². The zero-order chi connectivity index (χ0) is 13.8. The highest BCUT2D eigenvalue weighted by atomic mass is 79.9. The van der Waals surface area contributed by atoms with Gasteiger partial charge in [-0.3, -0.25) is 4.79 Å². The number of halogens is 2. The summed E-state index contributed by atoms with van der Waals surface area (Å²) in [4.78, 5) is 12.2. The molecule has 1 saturated carbocycles. The Morgan fingerprint density at radius 3 is 2.84 bits per heavy atom. The van der Waals surface area contributed by atoms with Crippen LogP contribution in [-0.4, -0.2) is 17.3 Å². The van der Waals surface area contributed by atoms with E-state index in [0.29, 0.717) is 17.0 Å². The van der Waals surface area contributed by atoms with Crippen molar-refractivity contribution in [2.24, 2.45) is 5.92 Å². The van der Waals surface area contributed by atoms with E-state index in [2.05, 4.69) is 21.2 Å². The molecule has 2 nitrogen and oxygen atoms in total. The third kappa shape index (κ3) is 3.56. The lowest BCUT2D eigenvalue weighted by Gasteiger charge is -2.31. The Labute approximate surface area is 121 Å². The SMILES string of the molecule is Cc1cc(C(=O)NC2CCCCC2CBr)ccc1F. The van der Waals surface area contributed by atoms with Gasteiger partial charge in [0.2, 0.25) is 0 Å². The average molecular weight is 328 g/mol. The maximum absolute atomic E-state index is 13.2. The summed E-state index contributed by atoms with van der Waals surface area (Å²) in [5, 5.41) is 4.01. The molecule has 2 rings (SSSR count). The molecular weight excluding hydrogens is 309 g/mol. The molecule has 1 amide bonds. The van der Waals surface area contributed by atoms with Crippen LogP contribution in [0.5, 0.6) is 0 Å². The molecule has 1 N–H and O–H groups in total. The molecule has 0 heterocycles. The maximum Gasteiger partial charge on any atom is 0.251 e. The van der Waals surface area contributed by atoms with Crippen LogP contribution in [0.25, 0.3) is 0 Å². The van der Waals surface area contributed by atoms with Gasteiger partial charge in [-0.25, -0.2) is 4.39 Å². The molecule has 0 aliphatic heterocycles. The number of carbonyl (C=O) groups excluding carboxylic acids is 1. The molecule has 1 aliphatic carbocycles. The van der Waals surface area contributed by atoms with E-state index in [-0.39, 0.29) is 17.8 Å². The van der Waals surface area contributed by atoms with Crippen molar-refractivity contribution < 1.29 is 9.18 Å². The highest BCUT2D eigenvalue weighted by Gasteiger charge is 2.25. The lowest BCUT2D eigenvalue weighted by atomic mass is 9.86. The number of rotatable bonds is 3. The summed E-state index contributed by atoms with van der Waals surface area (Å²) in [5.74, 6) is 0.132. The molecule has 1 fully saturated rings. The van der Waals surface area contributed by atoms with Crippen LogP contribution in [0.2, 0.25) is 0 Å². The molecule has 19 heavy (non-hydrogen) atoms. The van der Waals surface area contributed by atoms with Gasteiger partial charge < -0.3 is 5.32 Å². The second kappa shape index (κ2) is 6.51. The summed E-state index contributed by atoms with van der Waals surface area (Å²) in [7, 11) is 0. The summed E-state index contributed by atoms with van der Waals surface area (Å²) < 4.78 is 13.2. The number of nitrogens with one attached hydrogen (secondary N) is 1. The van der Waals surface area contributed by atoms with Gasteiger partial charge in [-0.1, -0.05) is 28.8 Å². The average Bonchev–Trinajstić information content (AvgIpc) is 2.42. The van der Waals surface area contributed by atoms with Gasteiger partial charge >= 0.3 is 0 Å². The smallest absolute Gasteiger partial charge is 0.251 e. The number of aryl methyl sites for hydroxylation is 1. The highest BCUT2D eigenvalue weighted by molar-refractivity contribution is 9.09. The Bertz CT molecular complexity index is 463. The van der Waals surface area contributed by atoms with Gasteiger partial charge in [-0.05, 0) is 49.4 Å². The van der Waals surface area contributed by atoms with E-state index in [4.69, 9.17) is 0 Å². The number of benzene rings is 1. The molecule has 0 spiro atoms. The molecule has 4 heteroatoms. The van der Waals surface area contributed by atoms with Crippen molar-refractivity contribution in [3.05, 3.63) is 35.1 Å². The molecule has 0 bridgehead atoms. The highest BCUT2D eigenvalue weighted by Crippen LogP contribution is 2.26. The number of hydrogen-bond donors (Lipinski definition) is 1. The van der Waals surface area contributed by atoms with Crippen molar-refractivity contribution in [2.45, 2.75) is 38.6 Å². The summed E-state index contributed by atoms with van der Waals surface area (Å²) in [6.07, 6.45) is 4.58. The van der Waals surface area contributed by atoms with Crippen LogP contribution in [-0.2, 0) is 0 Å². The first-order chi connectivity index (χ1) is 9.11. The van der Waals surface area contributed by atoms with Crippen LogP contribution >= 0.6 is 15.9 Å². The van der Waals surface area contributed by atoms with Crippen molar-refractivity contribution >= 4 is 21.8 Å². The number of amides is 1. The van der Waals surface area contributed by atoms with Gasteiger partial charge in [0.25, 0.3) is 5.91 Å². The normalized spacial score (nSPS) is 23.1. The Morgan fingerprint density at radius 1 is 1.42 bits per heavy atom. The summed E-state index contributed by atoms with van der Waals surface area (Å²) >= 11 is 3.52. The van der Waals surface area contributed by atoms with Gasteiger partial charge in [0.15, 0.2) is 0 Å². The van der Waals surface area contributed by atoms with Crippen molar-refractivity contribution in [3.63, 3.8) is 0 Å². The number of hydrogen-bond acceptors (Lipinski definition) is 1. The van der Waals surface area contributed by atoms with Gasteiger partial charge in [-0.15, -0.1) is 0 Å². The van der Waals surface area contributed by atoms with Crippen LogP contribution in [0.15, 0.2) is 18.2 Å². The van der Waals surface area contributed by atoms with Gasteiger partial charge in [-0.2, -0.15) is 0 Å². The standard InChI is InChI=1S/C15H19BrFNO/c1-10-8-11(6-7-13(10)17)15(19)18-14-5-3-2-4-12(14)9-16/h6-8,12,14H,2-5,9H2,1H3,(H,18,19). The summed E-state index contributed by atoms with van der Waals surface area (Å²) in [6.45, 7) is 1.67. The minimum Gasteiger partial charge on any atom is -0.349 e. The summed E-state index contributed by atoms with van der Waals surface area (Å²) in [6, 6.07) is 4.74. The quantitative estimate of drug-likeness (QED) is 0.840. The molecule has 1 aliphatic rings. The van der Waals surface area contributed by atoms with Gasteiger partial charge in [0, 0.05) is 16.9 Å². The second-order valence-electron chi connectivity index (χ2n) is 5.24. The van der Waals surface area contributed by atoms with Crippen LogP contribution in [0.3, 0.4) is 0 Å². The maximum atomic E-state index is 13.2. The minimum atomic E-state index is -0.271. The van der Waals surface area contributed by atoms with E-state index in [1.165, 1.54) is 12.5 Å². The van der Waals surface area contributed by atoms with Crippen LogP contribution in [0, 0.1) is 18.7 Å². The van der Waals surface area contributed by atoms with Crippen molar-refractivity contribution in [1.82, 2.24) is 5.32 Å². The van der Waals surface area contributed by atoms with E-state index in [0.717, 1.165) is 24.6 Å². The first kappa shape index (κ1) is 14.5. The summed E-state index contributed by atoms with van der Waals surface area (Å²) in [5.41, 5.74) is 1.05. The molecule has 0 saturated heterocycles. The molecule has 0 radical (unpaired) electrons. The third-order valence-electron chi connectivity index (χ3n) is 3.84. The predicted molar refractivity (Wildman–Crippen MR) is 78.1 cm³/mol. The topological polar surface area (TPSA) is 29.1 Å². The molecule has 1 aromatic rings. The molecular formula is C15H19BrFNO. The second-order valence-corrected chi connectivity index (χ2v) is 5.89. The fraction of sp³-hybridized carbons (Fsp3) is 0.533. The Kier molecular flexibility index (Phi) is 4.97. The fourth-order valence-corrected chi connectivity index (χ4v) is 3.40. The lowest BCUT2D eigenvalue weighted by Crippen LogP contribution is -2.42. The molecule has 2 atom stereocenters. The number of carbonyl (C=O) groups is 1. The van der Waals surface area contributed by atoms with Gasteiger partial charge in [0.05, 0.1) is 0 Å². The minimum absolute atomic E-state index is 0.0963. The predicted octanol–water partition coefficient (Wildman–Crippen LogP) is 3.82. The Balaban J connectivity index is 2.05. The van der Waals surface area contributed by atoms with Crippen molar-refractivity contribution in [3.8, 4) is 0 Å². The lowest BCUT2D eigenvalue weighted by molar-refractivity contribution is 0.0911. The van der Waals surface area contributed by atoms with Crippen molar-refractivity contribution in [1.29, 1.82) is 0 Å². The molecule has 1 aromatic carbocycles. The Hall–Kier alpha value is -0.900.